The summed E-state index contributed by atoms with van der Waals surface area (Å²) in [5.41, 5.74) is 7.35. The SMILES string of the molecule is CCOCCNc1cccc(C(=O)OC)c1N. The summed E-state index contributed by atoms with van der Waals surface area (Å²) in [4.78, 5) is 11.4. The Labute approximate surface area is 101 Å². The second kappa shape index (κ2) is 6.75. The minimum Gasteiger partial charge on any atom is -0.465 e. The van der Waals surface area contributed by atoms with Crippen molar-refractivity contribution in [3.05, 3.63) is 23.8 Å². The molecule has 0 unspecified atom stereocenters. The third-order valence-corrected chi connectivity index (χ3v) is 2.28. The maximum Gasteiger partial charge on any atom is 0.340 e. The number of nitrogens with one attached hydrogen (secondary N) is 1. The third-order valence-electron chi connectivity index (χ3n) is 2.28. The highest BCUT2D eigenvalue weighted by Crippen LogP contribution is 2.22. The summed E-state index contributed by atoms with van der Waals surface area (Å²) in [5, 5.41) is 3.11. The molecule has 1 aromatic rings. The van der Waals surface area contributed by atoms with Crippen LogP contribution in [0.1, 0.15) is 17.3 Å². The highest BCUT2D eigenvalue weighted by atomic mass is 16.5. The molecule has 3 N–H and O–H groups in total. The zero-order chi connectivity index (χ0) is 12.7. The van der Waals surface area contributed by atoms with Gasteiger partial charge in [0.2, 0.25) is 0 Å². The molecule has 0 spiro atoms. The maximum atomic E-state index is 11.4. The number of rotatable bonds is 6. The van der Waals surface area contributed by atoms with E-state index in [1.807, 2.05) is 13.0 Å². The lowest BCUT2D eigenvalue weighted by Gasteiger charge is -2.11. The molecule has 0 saturated heterocycles. The van der Waals surface area contributed by atoms with E-state index < -0.39 is 5.97 Å². The van der Waals surface area contributed by atoms with Gasteiger partial charge in [-0.1, -0.05) is 6.07 Å². The molecular formula is C12H18N2O3. The Morgan fingerprint density at radius 2 is 2.24 bits per heavy atom. The Bertz CT molecular complexity index is 380. The van der Waals surface area contributed by atoms with Crippen LogP contribution >= 0.6 is 0 Å². The number of hydrogen-bond acceptors (Lipinski definition) is 5. The highest BCUT2D eigenvalue weighted by molar-refractivity contribution is 5.98. The first-order valence-corrected chi connectivity index (χ1v) is 5.49. The minimum atomic E-state index is -0.434. The fraction of sp³-hybridized carbons (Fsp3) is 0.417. The molecule has 0 bridgehead atoms. The van der Waals surface area contributed by atoms with Gasteiger partial charge in [-0.05, 0) is 19.1 Å². The molecule has 1 rings (SSSR count). The number of anilines is 2. The van der Waals surface area contributed by atoms with Crippen molar-refractivity contribution in [2.24, 2.45) is 0 Å². The molecular weight excluding hydrogens is 220 g/mol. The van der Waals surface area contributed by atoms with Crippen LogP contribution in [0.4, 0.5) is 11.4 Å². The first kappa shape index (κ1) is 13.3. The van der Waals surface area contributed by atoms with Crippen molar-refractivity contribution in [1.29, 1.82) is 0 Å². The van der Waals surface area contributed by atoms with E-state index in [9.17, 15) is 4.79 Å². The van der Waals surface area contributed by atoms with Gasteiger partial charge >= 0.3 is 5.97 Å². The maximum absolute atomic E-state index is 11.4. The van der Waals surface area contributed by atoms with E-state index in [0.717, 1.165) is 0 Å². The minimum absolute atomic E-state index is 0.369. The molecule has 0 aromatic heterocycles. The van der Waals surface area contributed by atoms with Crippen LogP contribution in [-0.4, -0.2) is 32.8 Å². The smallest absolute Gasteiger partial charge is 0.340 e. The molecule has 94 valence electrons. The number of esters is 1. The first-order valence-electron chi connectivity index (χ1n) is 5.49. The lowest BCUT2D eigenvalue weighted by atomic mass is 10.1. The van der Waals surface area contributed by atoms with E-state index in [0.29, 0.717) is 36.7 Å². The zero-order valence-electron chi connectivity index (χ0n) is 10.2. The fourth-order valence-electron chi connectivity index (χ4n) is 1.41. The van der Waals surface area contributed by atoms with Crippen LogP contribution in [0.25, 0.3) is 0 Å². The summed E-state index contributed by atoms with van der Waals surface area (Å²) in [7, 11) is 1.33. The molecule has 0 radical (unpaired) electrons. The summed E-state index contributed by atoms with van der Waals surface area (Å²) < 4.78 is 9.84. The molecule has 0 fully saturated rings. The van der Waals surface area contributed by atoms with Crippen molar-refractivity contribution in [3.8, 4) is 0 Å². The van der Waals surface area contributed by atoms with Gasteiger partial charge in [-0.15, -0.1) is 0 Å². The van der Waals surface area contributed by atoms with Crippen LogP contribution in [0.3, 0.4) is 0 Å². The summed E-state index contributed by atoms with van der Waals surface area (Å²) in [6.45, 7) is 3.85. The van der Waals surface area contributed by atoms with Crippen LogP contribution in [-0.2, 0) is 9.47 Å². The Hall–Kier alpha value is -1.75. The molecule has 5 nitrogen and oxygen atoms in total. The number of para-hydroxylation sites is 1. The van der Waals surface area contributed by atoms with Gasteiger partial charge in [0.25, 0.3) is 0 Å². The molecule has 5 heteroatoms. The molecule has 0 saturated carbocycles. The number of carbonyl (C=O) groups is 1. The van der Waals surface area contributed by atoms with Crippen LogP contribution < -0.4 is 11.1 Å². The molecule has 0 amide bonds. The monoisotopic (exact) mass is 238 g/mol. The molecule has 0 aliphatic rings. The van der Waals surface area contributed by atoms with Gasteiger partial charge in [-0.2, -0.15) is 0 Å². The average molecular weight is 238 g/mol. The number of methoxy groups -OCH3 is 1. The van der Waals surface area contributed by atoms with Gasteiger partial charge in [0.05, 0.1) is 30.7 Å². The van der Waals surface area contributed by atoms with Crippen molar-refractivity contribution in [2.75, 3.05) is 37.9 Å². The fourth-order valence-corrected chi connectivity index (χ4v) is 1.41. The second-order valence-corrected chi connectivity index (χ2v) is 3.38. The van der Waals surface area contributed by atoms with Gasteiger partial charge in [0, 0.05) is 13.2 Å². The quantitative estimate of drug-likeness (QED) is 0.446. The topological polar surface area (TPSA) is 73.6 Å². The Balaban J connectivity index is 2.70. The van der Waals surface area contributed by atoms with Crippen LogP contribution in [0.15, 0.2) is 18.2 Å². The van der Waals surface area contributed by atoms with Crippen molar-refractivity contribution >= 4 is 17.3 Å². The second-order valence-electron chi connectivity index (χ2n) is 3.38. The molecule has 1 aromatic carbocycles. The number of benzene rings is 1. The third kappa shape index (κ3) is 3.64. The summed E-state index contributed by atoms with van der Waals surface area (Å²) in [5.74, 6) is -0.434. The Morgan fingerprint density at radius 3 is 2.88 bits per heavy atom. The number of hydrogen-bond donors (Lipinski definition) is 2. The van der Waals surface area contributed by atoms with E-state index in [2.05, 4.69) is 10.1 Å². The number of carbonyl (C=O) groups excluding carboxylic acids is 1. The summed E-state index contributed by atoms with van der Waals surface area (Å²) >= 11 is 0. The zero-order valence-corrected chi connectivity index (χ0v) is 10.2. The number of nitrogens with two attached hydrogens (primary N) is 1. The van der Waals surface area contributed by atoms with Crippen LogP contribution in [0, 0.1) is 0 Å². The van der Waals surface area contributed by atoms with E-state index in [-0.39, 0.29) is 0 Å². The molecule has 0 aliphatic carbocycles. The average Bonchev–Trinajstić information content (AvgIpc) is 2.35. The summed E-state index contributed by atoms with van der Waals surface area (Å²) in [6, 6.07) is 5.20. The largest absolute Gasteiger partial charge is 0.465 e. The van der Waals surface area contributed by atoms with E-state index >= 15 is 0 Å². The van der Waals surface area contributed by atoms with Gasteiger partial charge in [0.1, 0.15) is 0 Å². The normalized spacial score (nSPS) is 10.0. The standard InChI is InChI=1S/C12H18N2O3/c1-3-17-8-7-14-10-6-4-5-9(11(10)13)12(15)16-2/h4-6,14H,3,7-8,13H2,1-2H3. The Morgan fingerprint density at radius 1 is 1.47 bits per heavy atom. The Kier molecular flexibility index (Phi) is 5.29. The van der Waals surface area contributed by atoms with E-state index in [4.69, 9.17) is 10.5 Å². The van der Waals surface area contributed by atoms with Crippen molar-refractivity contribution in [2.45, 2.75) is 6.92 Å². The van der Waals surface area contributed by atoms with Crippen LogP contribution in [0.5, 0.6) is 0 Å². The van der Waals surface area contributed by atoms with Crippen molar-refractivity contribution < 1.29 is 14.3 Å². The predicted octanol–water partition coefficient (Wildman–Crippen LogP) is 1.50. The lowest BCUT2D eigenvalue weighted by molar-refractivity contribution is 0.0602. The van der Waals surface area contributed by atoms with Gasteiger partial charge < -0.3 is 20.5 Å². The van der Waals surface area contributed by atoms with Gasteiger partial charge in [-0.25, -0.2) is 4.79 Å². The first-order chi connectivity index (χ1) is 8.20. The van der Waals surface area contributed by atoms with E-state index in [1.165, 1.54) is 7.11 Å². The predicted molar refractivity (Wildman–Crippen MR) is 67.2 cm³/mol. The van der Waals surface area contributed by atoms with Gasteiger partial charge in [-0.3, -0.25) is 0 Å². The van der Waals surface area contributed by atoms with Crippen molar-refractivity contribution in [3.63, 3.8) is 0 Å². The number of nitrogen functional groups attached to an aromatic ring is 1. The van der Waals surface area contributed by atoms with Crippen LogP contribution in [0.2, 0.25) is 0 Å². The highest BCUT2D eigenvalue weighted by Gasteiger charge is 2.12. The van der Waals surface area contributed by atoms with Crippen molar-refractivity contribution in [1.82, 2.24) is 0 Å². The van der Waals surface area contributed by atoms with Gasteiger partial charge in [0.15, 0.2) is 0 Å². The summed E-state index contributed by atoms with van der Waals surface area (Å²) in [6.07, 6.45) is 0. The molecule has 0 aliphatic heterocycles. The molecule has 17 heavy (non-hydrogen) atoms. The van der Waals surface area contributed by atoms with E-state index in [1.54, 1.807) is 12.1 Å². The molecule has 0 atom stereocenters. The molecule has 0 heterocycles. The lowest BCUT2D eigenvalue weighted by Crippen LogP contribution is -2.13. The number of ether oxygens (including phenoxy) is 2.